The van der Waals surface area contributed by atoms with Crippen molar-refractivity contribution >= 4 is 23.3 Å². The minimum atomic E-state index is 0.0507. The fraction of sp³-hybridized carbons (Fsp3) is 0.550. The first-order valence-electron chi connectivity index (χ1n) is 9.15. The van der Waals surface area contributed by atoms with Crippen LogP contribution in [0.25, 0.3) is 0 Å². The summed E-state index contributed by atoms with van der Waals surface area (Å²) in [6.45, 7) is 5.52. The van der Waals surface area contributed by atoms with Crippen molar-refractivity contribution in [1.82, 2.24) is 4.90 Å². The van der Waals surface area contributed by atoms with Gasteiger partial charge >= 0.3 is 0 Å². The molecule has 134 valence electrons. The number of ketones is 1. The number of Topliss-reactive ketones (excluding diaryl/α,β-unsaturated/α-hetero) is 1. The highest BCUT2D eigenvalue weighted by Gasteiger charge is 2.24. The van der Waals surface area contributed by atoms with Gasteiger partial charge in [-0.05, 0) is 55.4 Å². The molecule has 0 bridgehead atoms. The number of carbonyl (C=O) groups excluding carboxylic acids is 3. The van der Waals surface area contributed by atoms with Gasteiger partial charge < -0.3 is 9.80 Å². The Kier molecular flexibility index (Phi) is 5.21. The molecule has 1 aromatic carbocycles. The number of likely N-dealkylation sites (tertiary alicyclic amines) is 1. The average Bonchev–Trinajstić information content (AvgIpc) is 3.03. The molecular weight excluding hydrogens is 316 g/mol. The van der Waals surface area contributed by atoms with Crippen LogP contribution in [0, 0.1) is 5.92 Å². The Bertz CT molecular complexity index is 690. The number of piperidine rings is 1. The number of hydrogen-bond donors (Lipinski definition) is 0. The van der Waals surface area contributed by atoms with Gasteiger partial charge in [-0.2, -0.15) is 0 Å². The Morgan fingerprint density at radius 2 is 1.76 bits per heavy atom. The van der Waals surface area contributed by atoms with E-state index in [-0.39, 0.29) is 17.6 Å². The monoisotopic (exact) mass is 342 g/mol. The summed E-state index contributed by atoms with van der Waals surface area (Å²) in [7, 11) is 0. The molecule has 0 saturated carbocycles. The lowest BCUT2D eigenvalue weighted by Gasteiger charge is -2.31. The van der Waals surface area contributed by atoms with Crippen LogP contribution in [0.2, 0.25) is 0 Å². The van der Waals surface area contributed by atoms with Crippen LogP contribution in [0.15, 0.2) is 18.2 Å². The highest BCUT2D eigenvalue weighted by molar-refractivity contribution is 5.98. The molecule has 5 nitrogen and oxygen atoms in total. The van der Waals surface area contributed by atoms with Gasteiger partial charge in [-0.3, -0.25) is 14.4 Å². The lowest BCUT2D eigenvalue weighted by molar-refractivity contribution is -0.130. The third-order valence-corrected chi connectivity index (χ3v) is 5.52. The van der Waals surface area contributed by atoms with E-state index in [9.17, 15) is 14.4 Å². The second-order valence-corrected chi connectivity index (χ2v) is 7.18. The van der Waals surface area contributed by atoms with Gasteiger partial charge in [0.1, 0.15) is 0 Å². The number of nitrogens with zero attached hydrogens (tertiary/aromatic N) is 2. The normalized spacial score (nSPS) is 17.5. The summed E-state index contributed by atoms with van der Waals surface area (Å²) in [5.41, 5.74) is 2.79. The molecule has 2 amide bonds. The van der Waals surface area contributed by atoms with Crippen LogP contribution in [0.4, 0.5) is 5.69 Å². The lowest BCUT2D eigenvalue weighted by atomic mass is 9.90. The molecule has 0 unspecified atom stereocenters. The maximum absolute atomic E-state index is 12.5. The van der Waals surface area contributed by atoms with E-state index in [0.29, 0.717) is 18.9 Å². The molecule has 1 fully saturated rings. The first-order valence-corrected chi connectivity index (χ1v) is 9.15. The Labute approximate surface area is 149 Å². The summed E-state index contributed by atoms with van der Waals surface area (Å²) >= 11 is 0. The van der Waals surface area contributed by atoms with Crippen molar-refractivity contribution in [3.8, 4) is 0 Å². The van der Waals surface area contributed by atoms with Crippen molar-refractivity contribution in [2.45, 2.75) is 46.0 Å². The molecule has 0 aromatic heterocycles. The fourth-order valence-corrected chi connectivity index (χ4v) is 3.92. The molecule has 0 radical (unpaired) electrons. The van der Waals surface area contributed by atoms with Crippen LogP contribution in [0.5, 0.6) is 0 Å². The Hall–Kier alpha value is -2.17. The number of carbonyl (C=O) groups is 3. The standard InChI is InChI=1S/C20H26N2O3/c1-14(23)21-10-7-16(8-11-21)3-6-20(25)18-4-5-19-17(13-18)9-12-22(19)15(2)24/h4-5,13,16H,3,6-12H2,1-2H3. The number of benzene rings is 1. The fourth-order valence-electron chi connectivity index (χ4n) is 3.92. The zero-order valence-electron chi connectivity index (χ0n) is 15.1. The zero-order chi connectivity index (χ0) is 18.0. The molecule has 1 saturated heterocycles. The SMILES string of the molecule is CC(=O)N1CCC(CCC(=O)c2ccc3c(c2)CCN3C(C)=O)CC1. The number of amides is 2. The lowest BCUT2D eigenvalue weighted by Crippen LogP contribution is -2.37. The molecule has 3 rings (SSSR count). The van der Waals surface area contributed by atoms with E-state index in [4.69, 9.17) is 0 Å². The summed E-state index contributed by atoms with van der Waals surface area (Å²) in [6.07, 6.45) is 4.25. The molecule has 0 atom stereocenters. The van der Waals surface area contributed by atoms with Crippen LogP contribution in [0.1, 0.15) is 55.5 Å². The van der Waals surface area contributed by atoms with Crippen molar-refractivity contribution in [2.24, 2.45) is 5.92 Å². The second-order valence-electron chi connectivity index (χ2n) is 7.18. The van der Waals surface area contributed by atoms with E-state index >= 15 is 0 Å². The minimum Gasteiger partial charge on any atom is -0.343 e. The summed E-state index contributed by atoms with van der Waals surface area (Å²) < 4.78 is 0. The van der Waals surface area contributed by atoms with E-state index in [0.717, 1.165) is 55.6 Å². The maximum atomic E-state index is 12.5. The van der Waals surface area contributed by atoms with Crippen molar-refractivity contribution in [3.63, 3.8) is 0 Å². The van der Waals surface area contributed by atoms with Crippen LogP contribution < -0.4 is 4.90 Å². The van der Waals surface area contributed by atoms with Gasteiger partial charge in [0.15, 0.2) is 5.78 Å². The number of hydrogen-bond acceptors (Lipinski definition) is 3. The average molecular weight is 342 g/mol. The van der Waals surface area contributed by atoms with E-state index < -0.39 is 0 Å². The molecule has 1 aromatic rings. The Morgan fingerprint density at radius 1 is 1.04 bits per heavy atom. The number of rotatable bonds is 4. The summed E-state index contributed by atoms with van der Waals surface area (Å²) in [4.78, 5) is 39.2. The zero-order valence-corrected chi connectivity index (χ0v) is 15.1. The van der Waals surface area contributed by atoms with Crippen molar-refractivity contribution < 1.29 is 14.4 Å². The predicted octanol–water partition coefficient (Wildman–Crippen LogP) is 2.82. The summed E-state index contributed by atoms with van der Waals surface area (Å²) in [6, 6.07) is 5.71. The molecule has 2 aliphatic heterocycles. The Balaban J connectivity index is 1.54. The van der Waals surface area contributed by atoms with Crippen LogP contribution >= 0.6 is 0 Å². The van der Waals surface area contributed by atoms with Gasteiger partial charge in [0.05, 0.1) is 0 Å². The van der Waals surface area contributed by atoms with Crippen LogP contribution in [-0.4, -0.2) is 42.1 Å². The van der Waals surface area contributed by atoms with Crippen molar-refractivity contribution in [3.05, 3.63) is 29.3 Å². The molecule has 25 heavy (non-hydrogen) atoms. The van der Waals surface area contributed by atoms with Gasteiger partial charge in [-0.1, -0.05) is 0 Å². The maximum Gasteiger partial charge on any atom is 0.223 e. The van der Waals surface area contributed by atoms with E-state index in [2.05, 4.69) is 0 Å². The van der Waals surface area contributed by atoms with Gasteiger partial charge in [0, 0.05) is 51.2 Å². The molecule has 0 aliphatic carbocycles. The van der Waals surface area contributed by atoms with E-state index in [1.807, 2.05) is 23.1 Å². The van der Waals surface area contributed by atoms with Crippen molar-refractivity contribution in [1.29, 1.82) is 0 Å². The van der Waals surface area contributed by atoms with Gasteiger partial charge in [-0.25, -0.2) is 0 Å². The third-order valence-electron chi connectivity index (χ3n) is 5.52. The van der Waals surface area contributed by atoms with E-state index in [1.165, 1.54) is 0 Å². The first kappa shape index (κ1) is 17.6. The van der Waals surface area contributed by atoms with E-state index in [1.54, 1.807) is 18.7 Å². The largest absolute Gasteiger partial charge is 0.343 e. The molecule has 2 aliphatic rings. The number of fused-ring (bicyclic) bond motifs is 1. The Morgan fingerprint density at radius 3 is 2.40 bits per heavy atom. The highest BCUT2D eigenvalue weighted by Crippen LogP contribution is 2.30. The predicted molar refractivity (Wildman–Crippen MR) is 96.7 cm³/mol. The quantitative estimate of drug-likeness (QED) is 0.791. The van der Waals surface area contributed by atoms with Gasteiger partial charge in [0.2, 0.25) is 11.8 Å². The third kappa shape index (κ3) is 3.91. The molecular formula is C20H26N2O3. The molecule has 5 heteroatoms. The highest BCUT2D eigenvalue weighted by atomic mass is 16.2. The molecule has 0 N–H and O–H groups in total. The van der Waals surface area contributed by atoms with Crippen LogP contribution in [-0.2, 0) is 16.0 Å². The first-order chi connectivity index (χ1) is 12.0. The minimum absolute atomic E-state index is 0.0507. The summed E-state index contributed by atoms with van der Waals surface area (Å²) in [5.74, 6) is 0.905. The second kappa shape index (κ2) is 7.38. The molecule has 0 spiro atoms. The van der Waals surface area contributed by atoms with Crippen molar-refractivity contribution in [2.75, 3.05) is 24.5 Å². The molecule has 2 heterocycles. The number of anilines is 1. The van der Waals surface area contributed by atoms with Crippen LogP contribution in [0.3, 0.4) is 0 Å². The smallest absolute Gasteiger partial charge is 0.223 e. The van der Waals surface area contributed by atoms with Gasteiger partial charge in [-0.15, -0.1) is 0 Å². The topological polar surface area (TPSA) is 57.7 Å². The van der Waals surface area contributed by atoms with Gasteiger partial charge in [0.25, 0.3) is 0 Å². The summed E-state index contributed by atoms with van der Waals surface area (Å²) in [5, 5.41) is 0.